The number of rotatable bonds is 7. The van der Waals surface area contributed by atoms with E-state index in [1.165, 1.54) is 6.07 Å². The molecule has 2 aromatic carbocycles. The molecular weight excluding hydrogens is 461 g/mol. The van der Waals surface area contributed by atoms with Gasteiger partial charge in [-0.05, 0) is 60.2 Å². The van der Waals surface area contributed by atoms with Crippen molar-refractivity contribution in [1.82, 2.24) is 19.8 Å². The van der Waals surface area contributed by atoms with Crippen molar-refractivity contribution in [3.05, 3.63) is 115 Å². The number of nitrogens with zero attached hydrogens (tertiary/aromatic N) is 3. The van der Waals surface area contributed by atoms with Gasteiger partial charge in [0, 0.05) is 37.2 Å². The Kier molecular flexibility index (Phi) is 6.54. The Balaban J connectivity index is 1.39. The van der Waals surface area contributed by atoms with E-state index >= 15 is 0 Å². The number of benzene rings is 2. The number of carbonyl (C=O) groups is 1. The van der Waals surface area contributed by atoms with Gasteiger partial charge in [0.1, 0.15) is 5.82 Å². The largest absolute Gasteiger partial charge is 0.352 e. The van der Waals surface area contributed by atoms with Crippen LogP contribution in [0, 0.1) is 5.82 Å². The van der Waals surface area contributed by atoms with Crippen LogP contribution in [0.4, 0.5) is 10.1 Å². The number of carbonyl (C=O) groups excluding carboxylic acids is 1. The molecule has 0 aliphatic carbocycles. The molecular formula is C27H24FN5OS. The van der Waals surface area contributed by atoms with E-state index in [9.17, 15) is 9.18 Å². The van der Waals surface area contributed by atoms with Crippen LogP contribution in [0.25, 0.3) is 5.69 Å². The Morgan fingerprint density at radius 3 is 2.57 bits per heavy atom. The summed E-state index contributed by atoms with van der Waals surface area (Å²) < 4.78 is 16.0. The quantitative estimate of drug-likeness (QED) is 0.360. The van der Waals surface area contributed by atoms with E-state index in [0.29, 0.717) is 11.7 Å². The van der Waals surface area contributed by atoms with Crippen molar-refractivity contribution in [3.8, 4) is 5.69 Å². The van der Waals surface area contributed by atoms with E-state index < -0.39 is 5.82 Å². The first-order chi connectivity index (χ1) is 17.1. The highest BCUT2D eigenvalue weighted by Gasteiger charge is 2.40. The maximum absolute atomic E-state index is 14.0. The van der Waals surface area contributed by atoms with Crippen molar-refractivity contribution >= 4 is 28.9 Å². The molecule has 4 aromatic rings. The van der Waals surface area contributed by atoms with Gasteiger partial charge in [-0.15, -0.1) is 0 Å². The minimum atomic E-state index is -0.463. The zero-order chi connectivity index (χ0) is 24.2. The fourth-order valence-corrected chi connectivity index (χ4v) is 4.69. The average Bonchev–Trinajstić information content (AvgIpc) is 3.50. The predicted molar refractivity (Wildman–Crippen MR) is 138 cm³/mol. The zero-order valence-corrected chi connectivity index (χ0v) is 19.7. The number of thiocarbonyl (C=S) groups is 1. The van der Waals surface area contributed by atoms with Crippen LogP contribution in [0.3, 0.4) is 0 Å². The first kappa shape index (κ1) is 22.7. The van der Waals surface area contributed by atoms with E-state index in [1.807, 2.05) is 59.6 Å². The van der Waals surface area contributed by atoms with Crippen LogP contribution in [-0.4, -0.2) is 32.0 Å². The third-order valence-electron chi connectivity index (χ3n) is 6.04. The molecule has 0 spiro atoms. The number of pyridine rings is 1. The second-order valence-corrected chi connectivity index (χ2v) is 8.67. The molecule has 0 saturated carbocycles. The lowest BCUT2D eigenvalue weighted by Crippen LogP contribution is -2.32. The van der Waals surface area contributed by atoms with Crippen molar-refractivity contribution in [1.29, 1.82) is 0 Å². The van der Waals surface area contributed by atoms with Crippen molar-refractivity contribution in [2.24, 2.45) is 0 Å². The molecule has 1 aliphatic rings. The number of aromatic nitrogens is 2. The molecule has 8 heteroatoms. The summed E-state index contributed by atoms with van der Waals surface area (Å²) in [6, 6.07) is 23.7. The van der Waals surface area contributed by atoms with Crippen molar-refractivity contribution in [3.63, 3.8) is 0 Å². The van der Waals surface area contributed by atoms with Gasteiger partial charge in [-0.3, -0.25) is 9.78 Å². The molecule has 1 saturated heterocycles. The van der Waals surface area contributed by atoms with Crippen LogP contribution < -0.4 is 10.6 Å². The van der Waals surface area contributed by atoms with Crippen LogP contribution >= 0.6 is 12.2 Å². The SMILES string of the molecule is O=C(CCN1C(=S)N[C@H](c2ccccn2)[C@@H]1c1ccn(-c2ccccc2)c1)Nc1ccccc1F. The highest BCUT2D eigenvalue weighted by molar-refractivity contribution is 7.80. The highest BCUT2D eigenvalue weighted by atomic mass is 32.1. The summed E-state index contributed by atoms with van der Waals surface area (Å²) in [6.07, 6.45) is 6.01. The van der Waals surface area contributed by atoms with Crippen LogP contribution in [-0.2, 0) is 4.79 Å². The average molecular weight is 486 g/mol. The van der Waals surface area contributed by atoms with Crippen LogP contribution in [0.15, 0.2) is 97.5 Å². The molecule has 0 radical (unpaired) electrons. The number of halogens is 1. The number of hydrogen-bond acceptors (Lipinski definition) is 3. The van der Waals surface area contributed by atoms with E-state index in [2.05, 4.69) is 32.4 Å². The molecule has 2 aromatic heterocycles. The van der Waals surface area contributed by atoms with Gasteiger partial charge >= 0.3 is 0 Å². The molecule has 0 bridgehead atoms. The van der Waals surface area contributed by atoms with Gasteiger partial charge in [-0.25, -0.2) is 4.39 Å². The maximum atomic E-state index is 14.0. The summed E-state index contributed by atoms with van der Waals surface area (Å²) in [5.74, 6) is -0.741. The second-order valence-electron chi connectivity index (χ2n) is 8.29. The summed E-state index contributed by atoms with van der Waals surface area (Å²) in [4.78, 5) is 19.2. The summed E-state index contributed by atoms with van der Waals surface area (Å²) >= 11 is 5.69. The summed E-state index contributed by atoms with van der Waals surface area (Å²) in [5, 5.41) is 6.60. The third kappa shape index (κ3) is 4.93. The van der Waals surface area contributed by atoms with Crippen molar-refractivity contribution in [2.45, 2.75) is 18.5 Å². The fourth-order valence-electron chi connectivity index (χ4n) is 4.36. The number of amides is 1. The number of para-hydroxylation sites is 2. The van der Waals surface area contributed by atoms with Crippen LogP contribution in [0.5, 0.6) is 0 Å². The Bertz CT molecular complexity index is 1330. The normalized spacial score (nSPS) is 17.3. The summed E-state index contributed by atoms with van der Waals surface area (Å²) in [6.45, 7) is 0.372. The third-order valence-corrected chi connectivity index (χ3v) is 6.39. The van der Waals surface area contributed by atoms with E-state index in [1.54, 1.807) is 24.4 Å². The minimum absolute atomic E-state index is 0.154. The first-order valence-electron chi connectivity index (χ1n) is 11.4. The van der Waals surface area contributed by atoms with Gasteiger partial charge in [0.05, 0.1) is 23.5 Å². The molecule has 2 N–H and O–H groups in total. The molecule has 3 heterocycles. The second kappa shape index (κ2) is 10.1. The van der Waals surface area contributed by atoms with Crippen molar-refractivity contribution in [2.75, 3.05) is 11.9 Å². The van der Waals surface area contributed by atoms with Gasteiger partial charge < -0.3 is 20.1 Å². The topological polar surface area (TPSA) is 62.2 Å². The molecule has 5 rings (SSSR count). The van der Waals surface area contributed by atoms with E-state index in [4.69, 9.17) is 12.2 Å². The zero-order valence-electron chi connectivity index (χ0n) is 18.8. The van der Waals surface area contributed by atoms with Crippen LogP contribution in [0.1, 0.15) is 29.8 Å². The van der Waals surface area contributed by atoms with E-state index in [-0.39, 0.29) is 30.1 Å². The lowest BCUT2D eigenvalue weighted by atomic mass is 9.99. The fraction of sp³-hybridized carbons (Fsp3) is 0.148. The Labute approximate surface area is 208 Å². The van der Waals surface area contributed by atoms with Gasteiger partial charge in [-0.2, -0.15) is 0 Å². The number of anilines is 1. The molecule has 2 atom stereocenters. The standard InChI is InChI=1S/C27H24FN5OS/c28-21-10-4-5-11-22(21)30-24(34)14-17-33-26(25(31-27(33)35)23-12-6-7-15-29-23)19-13-16-32(18-19)20-8-2-1-3-9-20/h1-13,15-16,18,25-26H,14,17H2,(H,30,34)(H,31,35)/t25-,26+/m1/s1. The monoisotopic (exact) mass is 485 g/mol. The summed E-state index contributed by atoms with van der Waals surface area (Å²) in [5.41, 5.74) is 3.14. The molecule has 0 unspecified atom stereocenters. The minimum Gasteiger partial charge on any atom is -0.352 e. The van der Waals surface area contributed by atoms with Gasteiger partial charge in [0.15, 0.2) is 5.11 Å². The smallest absolute Gasteiger partial charge is 0.226 e. The molecule has 1 fully saturated rings. The molecule has 1 amide bonds. The van der Waals surface area contributed by atoms with Gasteiger partial charge in [0.25, 0.3) is 0 Å². The van der Waals surface area contributed by atoms with Crippen molar-refractivity contribution < 1.29 is 9.18 Å². The summed E-state index contributed by atoms with van der Waals surface area (Å²) in [7, 11) is 0. The Morgan fingerprint density at radius 1 is 1.03 bits per heavy atom. The highest BCUT2D eigenvalue weighted by Crippen LogP contribution is 2.39. The lowest BCUT2D eigenvalue weighted by Gasteiger charge is -2.27. The number of nitrogens with one attached hydrogen (secondary N) is 2. The molecule has 176 valence electrons. The predicted octanol–water partition coefficient (Wildman–Crippen LogP) is 5.01. The maximum Gasteiger partial charge on any atom is 0.226 e. The van der Waals surface area contributed by atoms with E-state index in [0.717, 1.165) is 16.9 Å². The van der Waals surface area contributed by atoms with Gasteiger partial charge in [-0.1, -0.05) is 36.4 Å². The lowest BCUT2D eigenvalue weighted by molar-refractivity contribution is -0.116. The molecule has 35 heavy (non-hydrogen) atoms. The molecule has 1 aliphatic heterocycles. The molecule has 6 nitrogen and oxygen atoms in total. The number of hydrogen-bond donors (Lipinski definition) is 2. The first-order valence-corrected chi connectivity index (χ1v) is 11.8. The Morgan fingerprint density at radius 2 is 1.80 bits per heavy atom. The van der Waals surface area contributed by atoms with Gasteiger partial charge in [0.2, 0.25) is 5.91 Å². The van der Waals surface area contributed by atoms with Crippen LogP contribution in [0.2, 0.25) is 0 Å². The Hall–Kier alpha value is -4.04.